The van der Waals surface area contributed by atoms with Gasteiger partial charge in [-0.15, -0.1) is 11.3 Å². The fraction of sp³-hybridized carbons (Fsp3) is 0.645. The van der Waals surface area contributed by atoms with Crippen LogP contribution in [0.4, 0.5) is 0 Å². The number of thiophene rings is 1. The van der Waals surface area contributed by atoms with Crippen LogP contribution in [0.15, 0.2) is 60.7 Å². The number of fused-ring (bicyclic) bond motifs is 9. The highest BCUT2D eigenvalue weighted by Crippen LogP contribution is 2.42. The van der Waals surface area contributed by atoms with E-state index in [9.17, 15) is 0 Å². The number of hydrogen-bond donors (Lipinski definition) is 1. The number of rotatable bonds is 38. The van der Waals surface area contributed by atoms with E-state index in [1.54, 1.807) is 0 Å². The molecule has 0 saturated heterocycles. The lowest BCUT2D eigenvalue weighted by atomic mass is 9.99. The minimum atomic E-state index is 1.19. The van der Waals surface area contributed by atoms with E-state index in [0.29, 0.717) is 0 Å². The third-order valence-corrected chi connectivity index (χ3v) is 16.2. The second-order valence-electron chi connectivity index (χ2n) is 20.5. The number of unbranched alkanes of at least 4 members (excludes halogenated alkanes) is 34. The molecule has 1 nitrogen and oxygen atoms in total. The number of benzene rings is 4. The maximum absolute atomic E-state index is 3.85. The van der Waals surface area contributed by atoms with Crippen molar-refractivity contribution in [3.63, 3.8) is 0 Å². The molecule has 4 aromatic carbocycles. The van der Waals surface area contributed by atoms with Crippen LogP contribution in [0.1, 0.15) is 256 Å². The van der Waals surface area contributed by atoms with E-state index >= 15 is 0 Å². The second kappa shape index (κ2) is 30.4. The van der Waals surface area contributed by atoms with Crippen molar-refractivity contribution in [1.82, 2.24) is 4.98 Å². The average molecular weight is 884 g/mol. The van der Waals surface area contributed by atoms with Gasteiger partial charge in [-0.05, 0) is 61.1 Å². The molecule has 2 heterocycles. The summed E-state index contributed by atoms with van der Waals surface area (Å²) in [7, 11) is 0. The summed E-state index contributed by atoms with van der Waals surface area (Å²) in [6, 6.07) is 24.1. The first-order valence-electron chi connectivity index (χ1n) is 28.1. The first kappa shape index (κ1) is 50.6. The van der Waals surface area contributed by atoms with Crippen LogP contribution in [-0.2, 0) is 12.8 Å². The molecule has 6 rings (SSSR count). The van der Waals surface area contributed by atoms with Crippen molar-refractivity contribution in [3.8, 4) is 0 Å². The highest BCUT2D eigenvalue weighted by atomic mass is 32.1. The number of hydrogen-bond acceptors (Lipinski definition) is 1. The Morgan fingerprint density at radius 2 is 0.641 bits per heavy atom. The van der Waals surface area contributed by atoms with Crippen LogP contribution in [0.5, 0.6) is 0 Å². The summed E-state index contributed by atoms with van der Waals surface area (Å²) >= 11 is 1.98. The molecular formula is C62H93NS. The molecule has 6 aromatic rings. The molecule has 0 bridgehead atoms. The Bertz CT molecular complexity index is 1990. The molecule has 352 valence electrons. The van der Waals surface area contributed by atoms with E-state index in [1.165, 1.54) is 308 Å². The summed E-state index contributed by atoms with van der Waals surface area (Å²) in [5, 5.41) is 8.38. The first-order valence-corrected chi connectivity index (χ1v) is 28.9. The summed E-state index contributed by atoms with van der Waals surface area (Å²) in [4.78, 5) is 3.85. The topological polar surface area (TPSA) is 15.8 Å². The zero-order chi connectivity index (χ0) is 44.3. The summed E-state index contributed by atoms with van der Waals surface area (Å²) in [6.07, 6.45) is 54.0. The Kier molecular flexibility index (Phi) is 24.1. The molecule has 2 aromatic heterocycles. The number of aromatic amines is 1. The van der Waals surface area contributed by atoms with Crippen LogP contribution in [-0.4, -0.2) is 4.98 Å². The van der Waals surface area contributed by atoms with Gasteiger partial charge in [0.05, 0.1) is 5.52 Å². The number of H-pyrrole nitrogens is 1. The van der Waals surface area contributed by atoms with Gasteiger partial charge in [0.15, 0.2) is 0 Å². The molecule has 0 amide bonds. The van der Waals surface area contributed by atoms with Gasteiger partial charge in [-0.25, -0.2) is 0 Å². The standard InChI is InChI=1S/C62H93NS/c1-3-5-7-9-11-13-15-17-19-21-23-25-27-29-31-33-35-37-39-51-41-47-59-57(49-51)54-44-45-55-53(61(54)63-59)43-46-56-58-50-52(42-48-60(58)64-62(55)56)40-38-36-34-32-30-28-26-24-22-20-18-16-14-12-10-8-6-4-2/h41-50,63H,3-40H2,1-2H3. The van der Waals surface area contributed by atoms with Crippen molar-refractivity contribution in [2.45, 2.75) is 258 Å². The molecule has 0 radical (unpaired) electrons. The van der Waals surface area contributed by atoms with E-state index in [2.05, 4.69) is 79.5 Å². The van der Waals surface area contributed by atoms with Gasteiger partial charge in [-0.3, -0.25) is 0 Å². The monoisotopic (exact) mass is 884 g/mol. The molecule has 0 saturated carbocycles. The molecule has 0 aliphatic rings. The Balaban J connectivity index is 0.859. The molecular weight excluding hydrogens is 791 g/mol. The molecule has 1 N–H and O–H groups in total. The molecule has 64 heavy (non-hydrogen) atoms. The lowest BCUT2D eigenvalue weighted by Crippen LogP contribution is -1.87. The number of aryl methyl sites for hydroxylation is 2. The molecule has 0 aliphatic heterocycles. The number of aromatic nitrogens is 1. The van der Waals surface area contributed by atoms with Crippen molar-refractivity contribution in [2.24, 2.45) is 0 Å². The van der Waals surface area contributed by atoms with Gasteiger partial charge in [0.2, 0.25) is 0 Å². The lowest BCUT2D eigenvalue weighted by Gasteiger charge is -2.05. The Morgan fingerprint density at radius 3 is 1.06 bits per heavy atom. The average Bonchev–Trinajstić information content (AvgIpc) is 3.89. The van der Waals surface area contributed by atoms with Gasteiger partial charge in [-0.2, -0.15) is 0 Å². The highest BCUT2D eigenvalue weighted by Gasteiger charge is 2.14. The van der Waals surface area contributed by atoms with E-state index in [-0.39, 0.29) is 0 Å². The zero-order valence-corrected chi connectivity index (χ0v) is 42.4. The van der Waals surface area contributed by atoms with Gasteiger partial charge in [0.25, 0.3) is 0 Å². The number of nitrogens with one attached hydrogen (secondary N) is 1. The Morgan fingerprint density at radius 1 is 0.312 bits per heavy atom. The largest absolute Gasteiger partial charge is 0.354 e. The van der Waals surface area contributed by atoms with E-state index < -0.39 is 0 Å². The van der Waals surface area contributed by atoms with E-state index in [4.69, 9.17) is 0 Å². The van der Waals surface area contributed by atoms with Crippen molar-refractivity contribution in [2.75, 3.05) is 0 Å². The maximum Gasteiger partial charge on any atom is 0.0545 e. The van der Waals surface area contributed by atoms with Crippen molar-refractivity contribution in [3.05, 3.63) is 71.8 Å². The minimum absolute atomic E-state index is 1.19. The summed E-state index contributed by atoms with van der Waals surface area (Å²) in [5.41, 5.74) is 5.57. The minimum Gasteiger partial charge on any atom is -0.354 e. The van der Waals surface area contributed by atoms with Gasteiger partial charge in [0, 0.05) is 47.2 Å². The van der Waals surface area contributed by atoms with Crippen LogP contribution in [0.2, 0.25) is 0 Å². The van der Waals surface area contributed by atoms with Crippen LogP contribution < -0.4 is 0 Å². The molecule has 0 spiro atoms. The van der Waals surface area contributed by atoms with Gasteiger partial charge in [-0.1, -0.05) is 269 Å². The summed E-state index contributed by atoms with van der Waals surface area (Å²) in [6.45, 7) is 4.62. The molecule has 2 heteroatoms. The van der Waals surface area contributed by atoms with Crippen LogP contribution in [0.3, 0.4) is 0 Å². The van der Waals surface area contributed by atoms with Gasteiger partial charge in [0.1, 0.15) is 0 Å². The fourth-order valence-corrected chi connectivity index (χ4v) is 12.1. The molecule has 0 aliphatic carbocycles. The van der Waals surface area contributed by atoms with Crippen molar-refractivity contribution < 1.29 is 0 Å². The van der Waals surface area contributed by atoms with Crippen molar-refractivity contribution >= 4 is 64.1 Å². The third-order valence-electron chi connectivity index (χ3n) is 15.0. The molecule has 0 fully saturated rings. The normalized spacial score (nSPS) is 12.1. The first-order chi connectivity index (χ1) is 31.8. The second-order valence-corrected chi connectivity index (χ2v) is 21.5. The van der Waals surface area contributed by atoms with Gasteiger partial charge < -0.3 is 4.98 Å². The Hall–Kier alpha value is -2.84. The molecule has 0 unspecified atom stereocenters. The van der Waals surface area contributed by atoms with E-state index in [1.807, 2.05) is 11.3 Å². The van der Waals surface area contributed by atoms with E-state index in [0.717, 1.165) is 0 Å². The fourth-order valence-electron chi connectivity index (χ4n) is 10.9. The predicted molar refractivity (Wildman–Crippen MR) is 291 cm³/mol. The SMILES string of the molecule is CCCCCCCCCCCCCCCCCCCCc1ccc2[nH]c3c(ccc4c3ccc3c5cc(CCCCCCCCCCCCCCCCCCCC)ccc5sc34)c2c1. The summed E-state index contributed by atoms with van der Waals surface area (Å²) < 4.78 is 2.86. The zero-order valence-electron chi connectivity index (χ0n) is 41.6. The van der Waals surface area contributed by atoms with Gasteiger partial charge >= 0.3 is 0 Å². The van der Waals surface area contributed by atoms with Crippen LogP contribution in [0, 0.1) is 0 Å². The highest BCUT2D eigenvalue weighted by molar-refractivity contribution is 7.26. The molecule has 0 atom stereocenters. The van der Waals surface area contributed by atoms with Crippen LogP contribution >= 0.6 is 11.3 Å². The van der Waals surface area contributed by atoms with Crippen molar-refractivity contribution in [1.29, 1.82) is 0 Å². The maximum atomic E-state index is 3.85. The quantitative estimate of drug-likeness (QED) is 0.0373. The lowest BCUT2D eigenvalue weighted by molar-refractivity contribution is 0.525. The Labute approximate surface area is 396 Å². The van der Waals surface area contributed by atoms with Crippen LogP contribution in [0.25, 0.3) is 52.8 Å². The third kappa shape index (κ3) is 16.8. The predicted octanol–water partition coefficient (Wildman–Crippen LogP) is 22.0. The summed E-state index contributed by atoms with van der Waals surface area (Å²) in [5.74, 6) is 0. The smallest absolute Gasteiger partial charge is 0.0545 e.